The fourth-order valence-corrected chi connectivity index (χ4v) is 3.82. The summed E-state index contributed by atoms with van der Waals surface area (Å²) in [6.07, 6.45) is 11.2. The Morgan fingerprint density at radius 2 is 1.96 bits per heavy atom. The van der Waals surface area contributed by atoms with E-state index in [-0.39, 0.29) is 6.03 Å². The van der Waals surface area contributed by atoms with Gasteiger partial charge in [0.05, 0.1) is 13.2 Å². The molecule has 2 saturated carbocycles. The monoisotopic (exact) mass is 332 g/mol. The third kappa shape index (κ3) is 3.91. The zero-order valence-electron chi connectivity index (χ0n) is 14.3. The van der Waals surface area contributed by atoms with E-state index in [0.717, 1.165) is 50.9 Å². The van der Waals surface area contributed by atoms with Gasteiger partial charge in [-0.15, -0.1) is 0 Å². The molecule has 1 N–H and O–H groups in total. The van der Waals surface area contributed by atoms with Crippen LogP contribution in [0.25, 0.3) is 0 Å². The van der Waals surface area contributed by atoms with Crippen LogP contribution in [0.1, 0.15) is 44.3 Å². The van der Waals surface area contributed by atoms with Gasteiger partial charge in [0.15, 0.2) is 0 Å². The Morgan fingerprint density at radius 3 is 2.75 bits per heavy atom. The molecule has 24 heavy (non-hydrogen) atoms. The second-order valence-corrected chi connectivity index (χ2v) is 7.65. The van der Waals surface area contributed by atoms with Gasteiger partial charge in [-0.05, 0) is 31.6 Å². The standard InChI is InChI=1S/C18H28N4O2/c23-18(20-16-3-1-2-4-16)22-10-15(13-24-12-14-5-6-14)9-21-8-7-19-17(21)11-22/h7-8,14-16H,1-6,9-13H2,(H,20,23)/t15-/m0/s1. The molecule has 6 heteroatoms. The molecule has 0 unspecified atom stereocenters. The summed E-state index contributed by atoms with van der Waals surface area (Å²) < 4.78 is 8.09. The van der Waals surface area contributed by atoms with Crippen molar-refractivity contribution in [1.82, 2.24) is 19.8 Å². The highest BCUT2D eigenvalue weighted by Crippen LogP contribution is 2.29. The molecule has 2 fully saturated rings. The maximum atomic E-state index is 12.7. The number of rotatable bonds is 5. The zero-order chi connectivity index (χ0) is 16.4. The highest BCUT2D eigenvalue weighted by Gasteiger charge is 2.28. The van der Waals surface area contributed by atoms with Crippen LogP contribution >= 0.6 is 0 Å². The number of imidazole rings is 1. The number of fused-ring (bicyclic) bond motifs is 1. The van der Waals surface area contributed by atoms with Crippen molar-refractivity contribution in [3.05, 3.63) is 18.2 Å². The van der Waals surface area contributed by atoms with Crippen LogP contribution in [-0.4, -0.2) is 46.3 Å². The van der Waals surface area contributed by atoms with Crippen LogP contribution in [0.4, 0.5) is 4.79 Å². The smallest absolute Gasteiger partial charge is 0.318 e. The fourth-order valence-electron chi connectivity index (χ4n) is 3.82. The number of amides is 2. The van der Waals surface area contributed by atoms with Crippen molar-refractivity contribution < 1.29 is 9.53 Å². The molecule has 2 heterocycles. The molecule has 0 radical (unpaired) electrons. The van der Waals surface area contributed by atoms with Crippen LogP contribution in [0.5, 0.6) is 0 Å². The van der Waals surface area contributed by atoms with E-state index >= 15 is 0 Å². The lowest BCUT2D eigenvalue weighted by molar-refractivity contribution is 0.0757. The molecule has 0 aromatic carbocycles. The maximum Gasteiger partial charge on any atom is 0.318 e. The zero-order valence-corrected chi connectivity index (χ0v) is 14.3. The molecule has 132 valence electrons. The van der Waals surface area contributed by atoms with Crippen molar-refractivity contribution in [2.24, 2.45) is 11.8 Å². The molecule has 1 aliphatic heterocycles. The van der Waals surface area contributed by atoms with Gasteiger partial charge in [0, 0.05) is 44.0 Å². The molecule has 0 spiro atoms. The Hall–Kier alpha value is -1.56. The van der Waals surface area contributed by atoms with Crippen molar-refractivity contribution in [2.45, 2.75) is 57.7 Å². The minimum Gasteiger partial charge on any atom is -0.381 e. The Bertz CT molecular complexity index is 563. The van der Waals surface area contributed by atoms with Crippen molar-refractivity contribution in [2.75, 3.05) is 19.8 Å². The van der Waals surface area contributed by atoms with Crippen molar-refractivity contribution >= 4 is 6.03 Å². The SMILES string of the molecule is O=C(NC1CCCC1)N1Cc2nccn2C[C@H](COCC2CC2)C1. The molecular formula is C18H28N4O2. The van der Waals surface area contributed by atoms with Crippen molar-refractivity contribution in [3.8, 4) is 0 Å². The molecule has 3 aliphatic rings. The predicted octanol–water partition coefficient (Wildman–Crippen LogP) is 2.39. The van der Waals surface area contributed by atoms with E-state index in [1.165, 1.54) is 25.7 Å². The Kier molecular flexibility index (Phi) is 4.74. The summed E-state index contributed by atoms with van der Waals surface area (Å²) in [5.74, 6) is 2.08. The molecule has 6 nitrogen and oxygen atoms in total. The Labute approximate surface area is 143 Å². The van der Waals surface area contributed by atoms with E-state index in [0.29, 0.717) is 18.5 Å². The second-order valence-electron chi connectivity index (χ2n) is 7.65. The first-order valence-corrected chi connectivity index (χ1v) is 9.41. The summed E-state index contributed by atoms with van der Waals surface area (Å²) in [5.41, 5.74) is 0. The number of carbonyl (C=O) groups excluding carboxylic acids is 1. The van der Waals surface area contributed by atoms with E-state index in [1.54, 1.807) is 0 Å². The summed E-state index contributed by atoms with van der Waals surface area (Å²) in [6.45, 7) is 3.81. The van der Waals surface area contributed by atoms with Crippen LogP contribution in [0.3, 0.4) is 0 Å². The maximum absolute atomic E-state index is 12.7. The van der Waals surface area contributed by atoms with E-state index in [2.05, 4.69) is 14.9 Å². The average Bonchev–Trinajstić information content (AvgIpc) is 3.13. The largest absolute Gasteiger partial charge is 0.381 e. The second kappa shape index (κ2) is 7.13. The summed E-state index contributed by atoms with van der Waals surface area (Å²) in [5, 5.41) is 3.21. The van der Waals surface area contributed by atoms with Crippen LogP contribution in [-0.2, 0) is 17.8 Å². The molecule has 1 aromatic heterocycles. The molecular weight excluding hydrogens is 304 g/mol. The van der Waals surface area contributed by atoms with Crippen LogP contribution < -0.4 is 5.32 Å². The lowest BCUT2D eigenvalue weighted by Gasteiger charge is -2.26. The molecule has 1 aromatic rings. The van der Waals surface area contributed by atoms with Crippen molar-refractivity contribution in [1.29, 1.82) is 0 Å². The first kappa shape index (κ1) is 15.9. The Morgan fingerprint density at radius 1 is 1.17 bits per heavy atom. The van der Waals surface area contributed by atoms with E-state index in [9.17, 15) is 4.79 Å². The number of nitrogens with one attached hydrogen (secondary N) is 1. The van der Waals surface area contributed by atoms with E-state index in [4.69, 9.17) is 4.74 Å². The first-order valence-electron chi connectivity index (χ1n) is 9.41. The van der Waals surface area contributed by atoms with E-state index in [1.807, 2.05) is 17.3 Å². The number of ether oxygens (including phenoxy) is 1. The lowest BCUT2D eigenvalue weighted by Crippen LogP contribution is -2.45. The van der Waals surface area contributed by atoms with Gasteiger partial charge >= 0.3 is 6.03 Å². The lowest BCUT2D eigenvalue weighted by atomic mass is 10.1. The van der Waals surface area contributed by atoms with E-state index < -0.39 is 0 Å². The van der Waals surface area contributed by atoms with Gasteiger partial charge in [-0.2, -0.15) is 0 Å². The van der Waals surface area contributed by atoms with Gasteiger partial charge in [-0.1, -0.05) is 12.8 Å². The first-order chi connectivity index (χ1) is 11.8. The van der Waals surface area contributed by atoms with Crippen molar-refractivity contribution in [3.63, 3.8) is 0 Å². The summed E-state index contributed by atoms with van der Waals surface area (Å²) in [6, 6.07) is 0.413. The minimum absolute atomic E-state index is 0.0607. The topological polar surface area (TPSA) is 59.4 Å². The number of nitrogens with zero attached hydrogens (tertiary/aromatic N) is 3. The minimum atomic E-state index is 0.0607. The normalized spacial score (nSPS) is 24.7. The van der Waals surface area contributed by atoms with Gasteiger partial charge in [-0.25, -0.2) is 9.78 Å². The van der Waals surface area contributed by atoms with Crippen LogP contribution in [0, 0.1) is 11.8 Å². The van der Waals surface area contributed by atoms with Gasteiger partial charge in [-0.3, -0.25) is 0 Å². The van der Waals surface area contributed by atoms with Gasteiger partial charge in [0.25, 0.3) is 0 Å². The quantitative estimate of drug-likeness (QED) is 0.901. The molecule has 2 amide bonds. The molecule has 4 rings (SSSR count). The molecule has 1 atom stereocenters. The number of urea groups is 1. The number of aromatic nitrogens is 2. The highest BCUT2D eigenvalue weighted by atomic mass is 16.5. The van der Waals surface area contributed by atoms with Gasteiger partial charge in [0.1, 0.15) is 5.82 Å². The summed E-state index contributed by atoms with van der Waals surface area (Å²) >= 11 is 0. The third-order valence-corrected chi connectivity index (χ3v) is 5.44. The Balaban J connectivity index is 1.38. The van der Waals surface area contributed by atoms with Crippen LogP contribution in [0.15, 0.2) is 12.4 Å². The third-order valence-electron chi connectivity index (χ3n) is 5.44. The summed E-state index contributed by atoms with van der Waals surface area (Å²) in [4.78, 5) is 19.1. The highest BCUT2D eigenvalue weighted by molar-refractivity contribution is 5.74. The molecule has 0 saturated heterocycles. The van der Waals surface area contributed by atoms with Gasteiger partial charge in [0.2, 0.25) is 0 Å². The molecule has 2 aliphatic carbocycles. The fraction of sp³-hybridized carbons (Fsp3) is 0.778. The number of hydrogen-bond acceptors (Lipinski definition) is 3. The van der Waals surface area contributed by atoms with Gasteiger partial charge < -0.3 is 19.5 Å². The van der Waals surface area contributed by atoms with Crippen LogP contribution in [0.2, 0.25) is 0 Å². The molecule has 0 bridgehead atoms. The number of hydrogen-bond donors (Lipinski definition) is 1. The summed E-state index contributed by atoms with van der Waals surface area (Å²) in [7, 11) is 0. The predicted molar refractivity (Wildman–Crippen MR) is 90.5 cm³/mol. The average molecular weight is 332 g/mol. The number of carbonyl (C=O) groups is 1.